The first-order chi connectivity index (χ1) is 16.3. The Hall–Kier alpha value is -3.50. The van der Waals surface area contributed by atoms with E-state index in [4.69, 9.17) is 0 Å². The van der Waals surface area contributed by atoms with E-state index < -0.39 is 0 Å². The minimum absolute atomic E-state index is 0.0937. The summed E-state index contributed by atoms with van der Waals surface area (Å²) in [6.07, 6.45) is 1.49. The van der Waals surface area contributed by atoms with Crippen molar-refractivity contribution in [2.45, 2.75) is 13.8 Å². The maximum atomic E-state index is 12.8. The van der Waals surface area contributed by atoms with Crippen LogP contribution >= 0.6 is 0 Å². The first-order valence-electron chi connectivity index (χ1n) is 11.3. The lowest BCUT2D eigenvalue weighted by atomic mass is 10.1. The number of benzene rings is 2. The van der Waals surface area contributed by atoms with Crippen molar-refractivity contribution in [3.63, 3.8) is 0 Å². The Morgan fingerprint density at radius 3 is 2.29 bits per heavy atom. The second kappa shape index (κ2) is 11.1. The van der Waals surface area contributed by atoms with Crippen LogP contribution in [0.25, 0.3) is 22.1 Å². The standard InChI is InChI=1S/C24H32N6O4/c1-5-29(3)11-9-25-14-16-18(32)13-19(33)23-21(16)28-22-17(31)8-7-15(20(22)27-23)24(34)26-10-12-30(4)6-2/h7-8,13-14,31-33H,5-6,9-12H2,1-4H3,(H,26,34)/b25-14+. The molecule has 4 N–H and O–H groups in total. The van der Waals surface area contributed by atoms with Crippen LogP contribution in [0.1, 0.15) is 29.8 Å². The molecule has 34 heavy (non-hydrogen) atoms. The molecule has 2 aromatic carbocycles. The molecule has 0 atom stereocenters. The Bertz CT molecular complexity index is 1210. The van der Waals surface area contributed by atoms with Gasteiger partial charge < -0.3 is 30.4 Å². The number of nitrogens with one attached hydrogen (secondary N) is 1. The molecule has 182 valence electrons. The summed E-state index contributed by atoms with van der Waals surface area (Å²) in [5.74, 6) is -1.02. The normalized spacial score (nSPS) is 11.9. The second-order valence-electron chi connectivity index (χ2n) is 8.16. The van der Waals surface area contributed by atoms with Crippen molar-refractivity contribution < 1.29 is 20.1 Å². The Morgan fingerprint density at radius 1 is 0.941 bits per heavy atom. The summed E-state index contributed by atoms with van der Waals surface area (Å²) in [5.41, 5.74) is 1.03. The largest absolute Gasteiger partial charge is 0.507 e. The number of fused-ring (bicyclic) bond motifs is 2. The number of aromatic nitrogens is 2. The molecule has 1 heterocycles. The molecule has 0 fully saturated rings. The molecular weight excluding hydrogens is 436 g/mol. The summed E-state index contributed by atoms with van der Waals surface area (Å²) in [6, 6.07) is 4.03. The van der Waals surface area contributed by atoms with Gasteiger partial charge in [-0.3, -0.25) is 9.79 Å². The number of carbonyl (C=O) groups is 1. The van der Waals surface area contributed by atoms with Gasteiger partial charge in [-0.1, -0.05) is 13.8 Å². The predicted molar refractivity (Wildman–Crippen MR) is 133 cm³/mol. The summed E-state index contributed by atoms with van der Waals surface area (Å²) in [6.45, 7) is 8.22. The van der Waals surface area contributed by atoms with Gasteiger partial charge in [0.05, 0.1) is 17.7 Å². The van der Waals surface area contributed by atoms with Crippen LogP contribution in [0.3, 0.4) is 0 Å². The molecule has 0 saturated carbocycles. The van der Waals surface area contributed by atoms with Crippen molar-refractivity contribution in [3.05, 3.63) is 29.3 Å². The van der Waals surface area contributed by atoms with Gasteiger partial charge in [-0.25, -0.2) is 9.97 Å². The minimum Gasteiger partial charge on any atom is -0.507 e. The Labute approximate surface area is 198 Å². The van der Waals surface area contributed by atoms with E-state index in [0.29, 0.717) is 19.6 Å². The summed E-state index contributed by atoms with van der Waals surface area (Å²) < 4.78 is 0. The monoisotopic (exact) mass is 468 g/mol. The molecular formula is C24H32N6O4. The molecule has 0 bridgehead atoms. The van der Waals surface area contributed by atoms with E-state index in [2.05, 4.69) is 30.1 Å². The molecule has 0 aliphatic rings. The van der Waals surface area contributed by atoms with Crippen molar-refractivity contribution in [2.75, 3.05) is 53.4 Å². The van der Waals surface area contributed by atoms with Crippen LogP contribution in [0.4, 0.5) is 0 Å². The molecule has 0 aliphatic heterocycles. The quantitative estimate of drug-likeness (QED) is 0.262. The smallest absolute Gasteiger partial charge is 0.253 e. The van der Waals surface area contributed by atoms with Gasteiger partial charge in [0.25, 0.3) is 5.91 Å². The van der Waals surface area contributed by atoms with Crippen LogP contribution in [0.15, 0.2) is 23.2 Å². The summed E-state index contributed by atoms with van der Waals surface area (Å²) >= 11 is 0. The number of carbonyl (C=O) groups excluding carboxylic acids is 1. The van der Waals surface area contributed by atoms with E-state index in [1.54, 1.807) is 0 Å². The van der Waals surface area contributed by atoms with Crippen LogP contribution in [-0.4, -0.2) is 101 Å². The van der Waals surface area contributed by atoms with Crippen molar-refractivity contribution in [1.82, 2.24) is 25.1 Å². The number of amides is 1. The Kier molecular flexibility index (Phi) is 8.19. The molecule has 0 spiro atoms. The van der Waals surface area contributed by atoms with E-state index in [1.807, 2.05) is 27.9 Å². The molecule has 0 saturated heterocycles. The Morgan fingerprint density at radius 2 is 1.59 bits per heavy atom. The van der Waals surface area contributed by atoms with Crippen molar-refractivity contribution in [1.29, 1.82) is 0 Å². The minimum atomic E-state index is -0.358. The van der Waals surface area contributed by atoms with Crippen LogP contribution in [0, 0.1) is 0 Å². The fraction of sp³-hybridized carbons (Fsp3) is 0.417. The van der Waals surface area contributed by atoms with E-state index >= 15 is 0 Å². The third-order valence-electron chi connectivity index (χ3n) is 5.78. The first-order valence-corrected chi connectivity index (χ1v) is 11.3. The van der Waals surface area contributed by atoms with E-state index in [0.717, 1.165) is 19.6 Å². The molecule has 0 aliphatic carbocycles. The molecule has 10 heteroatoms. The van der Waals surface area contributed by atoms with Gasteiger partial charge >= 0.3 is 0 Å². The topological polar surface area (TPSA) is 134 Å². The van der Waals surface area contributed by atoms with Gasteiger partial charge in [0.15, 0.2) is 0 Å². The molecule has 1 amide bonds. The number of nitrogens with zero attached hydrogens (tertiary/aromatic N) is 5. The molecule has 3 aromatic rings. The lowest BCUT2D eigenvalue weighted by molar-refractivity contribution is 0.0951. The number of aromatic hydroxyl groups is 3. The van der Waals surface area contributed by atoms with Gasteiger partial charge in [0.2, 0.25) is 0 Å². The fourth-order valence-corrected chi connectivity index (χ4v) is 3.35. The number of likely N-dealkylation sites (N-methyl/N-ethyl adjacent to an activating group) is 2. The van der Waals surface area contributed by atoms with Gasteiger partial charge in [0, 0.05) is 31.9 Å². The van der Waals surface area contributed by atoms with Crippen molar-refractivity contribution in [2.24, 2.45) is 4.99 Å². The zero-order chi connectivity index (χ0) is 24.8. The highest BCUT2D eigenvalue weighted by molar-refractivity contribution is 6.10. The maximum absolute atomic E-state index is 12.8. The zero-order valence-electron chi connectivity index (χ0n) is 20.0. The number of phenols is 3. The zero-order valence-corrected chi connectivity index (χ0v) is 20.0. The highest BCUT2D eigenvalue weighted by Gasteiger charge is 2.20. The van der Waals surface area contributed by atoms with E-state index in [-0.39, 0.29) is 56.3 Å². The average Bonchev–Trinajstić information content (AvgIpc) is 2.82. The third kappa shape index (κ3) is 5.52. The SMILES string of the molecule is CCN(C)CC/N=C/c1c(O)cc(O)c2nc3c(C(=O)NCCN(C)CC)ccc(O)c3nc12. The van der Waals surface area contributed by atoms with Crippen LogP contribution in [0.5, 0.6) is 17.2 Å². The number of phenolic OH excluding ortho intramolecular Hbond substituents is 3. The fourth-order valence-electron chi connectivity index (χ4n) is 3.35. The number of aliphatic imine (C=N–C) groups is 1. The first kappa shape index (κ1) is 25.1. The maximum Gasteiger partial charge on any atom is 0.253 e. The predicted octanol–water partition coefficient (Wildman–Crippen LogP) is 1.95. The van der Waals surface area contributed by atoms with Gasteiger partial charge in [-0.2, -0.15) is 0 Å². The van der Waals surface area contributed by atoms with Crippen molar-refractivity contribution >= 4 is 34.2 Å². The molecule has 3 rings (SSSR count). The molecule has 0 radical (unpaired) electrons. The van der Waals surface area contributed by atoms with E-state index in [1.165, 1.54) is 24.4 Å². The van der Waals surface area contributed by atoms with Crippen molar-refractivity contribution in [3.8, 4) is 17.2 Å². The van der Waals surface area contributed by atoms with Crippen LogP contribution < -0.4 is 5.32 Å². The molecule has 10 nitrogen and oxygen atoms in total. The number of hydrogen-bond acceptors (Lipinski definition) is 9. The average molecular weight is 469 g/mol. The second-order valence-corrected chi connectivity index (χ2v) is 8.16. The third-order valence-corrected chi connectivity index (χ3v) is 5.78. The summed E-state index contributed by atoms with van der Waals surface area (Å²) in [7, 11) is 3.94. The molecule has 1 aromatic heterocycles. The lowest BCUT2D eigenvalue weighted by Gasteiger charge is -2.15. The van der Waals surface area contributed by atoms with Gasteiger partial charge in [-0.05, 0) is 39.3 Å². The van der Waals surface area contributed by atoms with Crippen LogP contribution in [-0.2, 0) is 0 Å². The van der Waals surface area contributed by atoms with Crippen LogP contribution in [0.2, 0.25) is 0 Å². The van der Waals surface area contributed by atoms with Gasteiger partial charge in [0.1, 0.15) is 39.3 Å². The Balaban J connectivity index is 2.04. The summed E-state index contributed by atoms with van der Waals surface area (Å²) in [5, 5.41) is 34.2. The highest BCUT2D eigenvalue weighted by atomic mass is 16.3. The number of rotatable bonds is 10. The summed E-state index contributed by atoms with van der Waals surface area (Å²) in [4.78, 5) is 30.3. The highest BCUT2D eigenvalue weighted by Crippen LogP contribution is 2.35. The number of hydrogen-bond donors (Lipinski definition) is 4. The van der Waals surface area contributed by atoms with E-state index in [9.17, 15) is 20.1 Å². The lowest BCUT2D eigenvalue weighted by Crippen LogP contribution is -2.33. The molecule has 0 unspecified atom stereocenters. The van der Waals surface area contributed by atoms with Gasteiger partial charge in [-0.15, -0.1) is 0 Å².